The average Bonchev–Trinajstić information content (AvgIpc) is 2.63. The first-order valence-electron chi connectivity index (χ1n) is 8.33. The number of carbonyl (C=O) groups excluding carboxylic acids is 1. The lowest BCUT2D eigenvalue weighted by Crippen LogP contribution is -2.39. The molecule has 0 aliphatic carbocycles. The van der Waals surface area contributed by atoms with E-state index >= 15 is 0 Å². The fraction of sp³-hybridized carbons (Fsp3) is 0.263. The number of hydrazone groups is 1. The van der Waals surface area contributed by atoms with Crippen molar-refractivity contribution in [1.29, 1.82) is 0 Å². The van der Waals surface area contributed by atoms with Crippen LogP contribution in [0.3, 0.4) is 0 Å². The van der Waals surface area contributed by atoms with E-state index in [1.807, 2.05) is 31.2 Å². The Labute approximate surface area is 179 Å². The molecule has 2 rings (SSSR count). The second-order valence-corrected chi connectivity index (χ2v) is 9.34. The molecule has 0 radical (unpaired) electrons. The van der Waals surface area contributed by atoms with Gasteiger partial charge >= 0.3 is 0 Å². The van der Waals surface area contributed by atoms with E-state index in [0.717, 1.165) is 25.3 Å². The van der Waals surface area contributed by atoms with Crippen LogP contribution in [0.1, 0.15) is 18.1 Å². The van der Waals surface area contributed by atoms with E-state index < -0.39 is 22.5 Å². The normalized spacial score (nSPS) is 11.8. The van der Waals surface area contributed by atoms with Gasteiger partial charge in [0.2, 0.25) is 10.0 Å². The number of benzene rings is 2. The molecule has 7 nitrogen and oxygen atoms in total. The zero-order valence-electron chi connectivity index (χ0n) is 16.1. The number of ether oxygens (including phenoxy) is 1. The first-order valence-corrected chi connectivity index (χ1v) is 11.3. The smallest absolute Gasteiger partial charge is 0.260 e. The van der Waals surface area contributed by atoms with Gasteiger partial charge in [0.05, 0.1) is 24.8 Å². The van der Waals surface area contributed by atoms with Crippen LogP contribution in [-0.2, 0) is 14.8 Å². The Kier molecular flexibility index (Phi) is 7.41. The van der Waals surface area contributed by atoms with Gasteiger partial charge in [-0.05, 0) is 71.8 Å². The van der Waals surface area contributed by atoms with Crippen LogP contribution in [0.5, 0.6) is 5.75 Å². The standard InChI is InChI=1S/C19H22IN3O4S/c1-13-8-9-18(27-3)17(10-13)23(28(4,25)26)12-19(24)22-21-14(2)15-6-5-7-16(20)11-15/h5-11H,12H2,1-4H3,(H,22,24)/b21-14-. The Morgan fingerprint density at radius 3 is 2.57 bits per heavy atom. The second-order valence-electron chi connectivity index (χ2n) is 6.19. The van der Waals surface area contributed by atoms with E-state index in [1.54, 1.807) is 25.1 Å². The highest BCUT2D eigenvalue weighted by Gasteiger charge is 2.24. The highest BCUT2D eigenvalue weighted by atomic mass is 127. The number of halogens is 1. The van der Waals surface area contributed by atoms with Crippen molar-refractivity contribution in [3.63, 3.8) is 0 Å². The topological polar surface area (TPSA) is 88.1 Å². The largest absolute Gasteiger partial charge is 0.495 e. The van der Waals surface area contributed by atoms with Crippen LogP contribution in [0.15, 0.2) is 47.6 Å². The average molecular weight is 515 g/mol. The summed E-state index contributed by atoms with van der Waals surface area (Å²) >= 11 is 2.19. The number of hydrogen-bond acceptors (Lipinski definition) is 5. The highest BCUT2D eigenvalue weighted by molar-refractivity contribution is 14.1. The summed E-state index contributed by atoms with van der Waals surface area (Å²) in [5.74, 6) is -0.193. The maximum absolute atomic E-state index is 12.4. The van der Waals surface area contributed by atoms with Crippen molar-refractivity contribution in [2.45, 2.75) is 13.8 Å². The Bertz CT molecular complexity index is 1010. The molecular weight excluding hydrogens is 493 g/mol. The Morgan fingerprint density at radius 1 is 1.25 bits per heavy atom. The molecule has 0 aromatic heterocycles. The third-order valence-electron chi connectivity index (χ3n) is 3.88. The van der Waals surface area contributed by atoms with E-state index in [1.165, 1.54) is 7.11 Å². The summed E-state index contributed by atoms with van der Waals surface area (Å²) in [4.78, 5) is 12.4. The first kappa shape index (κ1) is 22.2. The number of carbonyl (C=O) groups is 1. The van der Waals surface area contributed by atoms with Crippen molar-refractivity contribution in [2.75, 3.05) is 24.2 Å². The van der Waals surface area contributed by atoms with E-state index in [0.29, 0.717) is 17.1 Å². The van der Waals surface area contributed by atoms with E-state index in [-0.39, 0.29) is 0 Å². The number of nitrogens with one attached hydrogen (secondary N) is 1. The molecule has 0 fully saturated rings. The molecule has 2 aromatic carbocycles. The molecule has 0 saturated heterocycles. The molecule has 150 valence electrons. The van der Waals surface area contributed by atoms with Gasteiger partial charge in [-0.15, -0.1) is 0 Å². The lowest BCUT2D eigenvalue weighted by molar-refractivity contribution is -0.119. The predicted octanol–water partition coefficient (Wildman–Crippen LogP) is 2.91. The molecule has 0 atom stereocenters. The summed E-state index contributed by atoms with van der Waals surface area (Å²) in [6.07, 6.45) is 1.04. The molecule has 0 aliphatic rings. The fourth-order valence-corrected chi connectivity index (χ4v) is 3.86. The van der Waals surface area contributed by atoms with Gasteiger partial charge < -0.3 is 4.74 Å². The van der Waals surface area contributed by atoms with Crippen molar-refractivity contribution in [3.05, 3.63) is 57.2 Å². The van der Waals surface area contributed by atoms with Crippen LogP contribution in [0, 0.1) is 10.5 Å². The van der Waals surface area contributed by atoms with Gasteiger partial charge in [-0.2, -0.15) is 5.10 Å². The first-order chi connectivity index (χ1) is 13.1. The van der Waals surface area contributed by atoms with Crippen LogP contribution in [0.25, 0.3) is 0 Å². The minimum atomic E-state index is -3.72. The summed E-state index contributed by atoms with van der Waals surface area (Å²) in [5.41, 5.74) is 5.06. The van der Waals surface area contributed by atoms with Crippen LogP contribution in [-0.4, -0.2) is 39.9 Å². The van der Waals surface area contributed by atoms with Gasteiger partial charge in [-0.1, -0.05) is 18.2 Å². The molecule has 0 saturated carbocycles. The molecule has 0 spiro atoms. The van der Waals surface area contributed by atoms with Gasteiger partial charge in [0.15, 0.2) is 0 Å². The van der Waals surface area contributed by atoms with Crippen molar-refractivity contribution in [3.8, 4) is 5.75 Å². The van der Waals surface area contributed by atoms with Gasteiger partial charge in [-0.25, -0.2) is 13.8 Å². The molecule has 28 heavy (non-hydrogen) atoms. The maximum Gasteiger partial charge on any atom is 0.260 e. The lowest BCUT2D eigenvalue weighted by atomic mass is 10.1. The summed E-state index contributed by atoms with van der Waals surface area (Å²) < 4.78 is 31.9. The number of amides is 1. The molecule has 0 heterocycles. The molecule has 9 heteroatoms. The van der Waals surface area contributed by atoms with Crippen LogP contribution >= 0.6 is 22.6 Å². The monoisotopic (exact) mass is 515 g/mol. The highest BCUT2D eigenvalue weighted by Crippen LogP contribution is 2.30. The molecular formula is C19H22IN3O4S. The number of sulfonamides is 1. The lowest BCUT2D eigenvalue weighted by Gasteiger charge is -2.23. The summed E-state index contributed by atoms with van der Waals surface area (Å²) in [7, 11) is -2.27. The molecule has 0 unspecified atom stereocenters. The summed E-state index contributed by atoms with van der Waals surface area (Å²) in [5, 5.41) is 4.09. The Hall–Kier alpha value is -2.14. The minimum Gasteiger partial charge on any atom is -0.495 e. The van der Waals surface area contributed by atoms with Crippen LogP contribution < -0.4 is 14.5 Å². The number of anilines is 1. The van der Waals surface area contributed by atoms with Crippen molar-refractivity contribution in [1.82, 2.24) is 5.43 Å². The summed E-state index contributed by atoms with van der Waals surface area (Å²) in [6.45, 7) is 3.18. The maximum atomic E-state index is 12.4. The third-order valence-corrected chi connectivity index (χ3v) is 5.68. The van der Waals surface area contributed by atoms with Gasteiger partial charge in [0, 0.05) is 3.57 Å². The molecule has 0 bridgehead atoms. The molecule has 1 amide bonds. The van der Waals surface area contributed by atoms with E-state index in [4.69, 9.17) is 4.74 Å². The Balaban J connectivity index is 2.23. The molecule has 2 aromatic rings. The molecule has 0 aliphatic heterocycles. The predicted molar refractivity (Wildman–Crippen MR) is 119 cm³/mol. The van der Waals surface area contributed by atoms with Crippen molar-refractivity contribution in [2.24, 2.45) is 5.10 Å². The quantitative estimate of drug-likeness (QED) is 0.349. The summed E-state index contributed by atoms with van der Waals surface area (Å²) in [6, 6.07) is 12.8. The number of aryl methyl sites for hydroxylation is 1. The SMILES string of the molecule is COc1ccc(C)cc1N(CC(=O)N/N=C(/C)c1cccc(I)c1)S(C)(=O)=O. The minimum absolute atomic E-state index is 0.304. The zero-order valence-corrected chi connectivity index (χ0v) is 19.0. The van der Waals surface area contributed by atoms with Crippen LogP contribution in [0.4, 0.5) is 5.69 Å². The zero-order chi connectivity index (χ0) is 20.9. The third kappa shape index (κ3) is 5.93. The van der Waals surface area contributed by atoms with Gasteiger partial charge in [0.25, 0.3) is 5.91 Å². The van der Waals surface area contributed by atoms with Gasteiger partial charge in [0.1, 0.15) is 12.3 Å². The van der Waals surface area contributed by atoms with E-state index in [9.17, 15) is 13.2 Å². The molecule has 1 N–H and O–H groups in total. The van der Waals surface area contributed by atoms with Crippen LogP contribution in [0.2, 0.25) is 0 Å². The Morgan fingerprint density at radius 2 is 1.96 bits per heavy atom. The number of methoxy groups -OCH3 is 1. The van der Waals surface area contributed by atoms with Crippen molar-refractivity contribution < 1.29 is 17.9 Å². The van der Waals surface area contributed by atoms with Crippen molar-refractivity contribution >= 4 is 49.9 Å². The number of rotatable bonds is 7. The number of nitrogens with zero attached hydrogens (tertiary/aromatic N) is 2. The van der Waals surface area contributed by atoms with E-state index in [2.05, 4.69) is 33.1 Å². The van der Waals surface area contributed by atoms with Gasteiger partial charge in [-0.3, -0.25) is 9.10 Å². The number of hydrogen-bond donors (Lipinski definition) is 1. The second kappa shape index (κ2) is 9.37. The fourth-order valence-electron chi connectivity index (χ4n) is 2.47.